The maximum atomic E-state index is 11.9. The minimum atomic E-state index is -0.240. The van der Waals surface area contributed by atoms with Crippen molar-refractivity contribution in [2.24, 2.45) is 0 Å². The summed E-state index contributed by atoms with van der Waals surface area (Å²) in [6, 6.07) is 9.67. The van der Waals surface area contributed by atoms with Gasteiger partial charge >= 0.3 is 5.69 Å². The number of nitrogens with one attached hydrogen (secondary N) is 1. The van der Waals surface area contributed by atoms with Gasteiger partial charge in [0.15, 0.2) is 10.8 Å². The van der Waals surface area contributed by atoms with Gasteiger partial charge < -0.3 is 0 Å². The number of hydrogen-bond acceptors (Lipinski definition) is 3. The van der Waals surface area contributed by atoms with Crippen molar-refractivity contribution in [2.45, 2.75) is 6.54 Å². The molecule has 0 saturated heterocycles. The second kappa shape index (κ2) is 4.27. The van der Waals surface area contributed by atoms with Crippen LogP contribution in [0.5, 0.6) is 0 Å². The Bertz CT molecular complexity index is 748. The summed E-state index contributed by atoms with van der Waals surface area (Å²) in [6.07, 6.45) is 1.33. The second-order valence-electron chi connectivity index (χ2n) is 3.86. The van der Waals surface area contributed by atoms with E-state index in [0.717, 1.165) is 5.56 Å². The predicted molar refractivity (Wildman–Crippen MR) is 68.7 cm³/mol. The summed E-state index contributed by atoms with van der Waals surface area (Å²) in [6.45, 7) is 0.437. The van der Waals surface area contributed by atoms with Gasteiger partial charge in [-0.25, -0.2) is 14.8 Å². The molecule has 90 valence electrons. The van der Waals surface area contributed by atoms with Gasteiger partial charge in [0.25, 0.3) is 0 Å². The number of hydrogen-bond donors (Lipinski definition) is 1. The van der Waals surface area contributed by atoms with Gasteiger partial charge in [0, 0.05) is 0 Å². The maximum absolute atomic E-state index is 11.9. The van der Waals surface area contributed by atoms with Gasteiger partial charge in [-0.05, 0) is 5.56 Å². The van der Waals surface area contributed by atoms with Gasteiger partial charge in [-0.15, -0.1) is 0 Å². The van der Waals surface area contributed by atoms with Gasteiger partial charge in [-0.1, -0.05) is 41.9 Å². The third kappa shape index (κ3) is 1.78. The van der Waals surface area contributed by atoms with E-state index >= 15 is 0 Å². The van der Waals surface area contributed by atoms with Crippen molar-refractivity contribution in [2.75, 3.05) is 0 Å². The lowest BCUT2D eigenvalue weighted by Gasteiger charge is -2.03. The molecule has 0 atom stereocenters. The van der Waals surface area contributed by atoms with E-state index in [0.29, 0.717) is 17.7 Å². The van der Waals surface area contributed by atoms with E-state index in [1.807, 2.05) is 30.3 Å². The average Bonchev–Trinajstić information content (AvgIpc) is 2.69. The molecule has 0 saturated carbocycles. The van der Waals surface area contributed by atoms with E-state index in [-0.39, 0.29) is 10.8 Å². The molecule has 3 aromatic rings. The van der Waals surface area contributed by atoms with Gasteiger partial charge in [-0.2, -0.15) is 0 Å². The minimum Gasteiger partial charge on any atom is -0.290 e. The molecule has 0 radical (unpaired) electrons. The van der Waals surface area contributed by atoms with E-state index in [4.69, 9.17) is 11.6 Å². The Morgan fingerprint density at radius 2 is 2.00 bits per heavy atom. The first-order valence-corrected chi connectivity index (χ1v) is 5.76. The predicted octanol–water partition coefficient (Wildman–Crippen LogP) is 1.82. The van der Waals surface area contributed by atoms with Gasteiger partial charge in [-0.3, -0.25) is 9.55 Å². The number of aromatic amines is 1. The molecular formula is C12H9ClN4O. The molecule has 0 aliphatic carbocycles. The topological polar surface area (TPSA) is 63.6 Å². The van der Waals surface area contributed by atoms with Crippen LogP contribution in [0.2, 0.25) is 5.15 Å². The lowest BCUT2D eigenvalue weighted by Crippen LogP contribution is -2.17. The number of halogens is 1. The minimum absolute atomic E-state index is 0.240. The van der Waals surface area contributed by atoms with Crippen molar-refractivity contribution in [3.05, 3.63) is 57.9 Å². The fourth-order valence-electron chi connectivity index (χ4n) is 1.88. The van der Waals surface area contributed by atoms with Crippen LogP contribution >= 0.6 is 11.6 Å². The molecule has 3 rings (SSSR count). The summed E-state index contributed by atoms with van der Waals surface area (Å²) < 4.78 is 1.53. The molecule has 5 nitrogen and oxygen atoms in total. The Morgan fingerprint density at radius 3 is 2.78 bits per heavy atom. The molecule has 1 N–H and O–H groups in total. The highest BCUT2D eigenvalue weighted by atomic mass is 35.5. The van der Waals surface area contributed by atoms with Gasteiger partial charge in [0.05, 0.1) is 6.54 Å². The molecule has 0 amide bonds. The molecule has 2 aromatic heterocycles. The van der Waals surface area contributed by atoms with E-state index in [1.54, 1.807) is 0 Å². The normalized spacial score (nSPS) is 10.9. The fraction of sp³-hybridized carbons (Fsp3) is 0.0833. The highest BCUT2D eigenvalue weighted by Gasteiger charge is 2.12. The van der Waals surface area contributed by atoms with Crippen LogP contribution in [0.25, 0.3) is 11.2 Å². The Hall–Kier alpha value is -2.14. The van der Waals surface area contributed by atoms with Crippen LogP contribution in [0.3, 0.4) is 0 Å². The molecule has 1 aromatic carbocycles. The first-order chi connectivity index (χ1) is 8.75. The zero-order chi connectivity index (χ0) is 12.5. The van der Waals surface area contributed by atoms with Crippen molar-refractivity contribution in [1.29, 1.82) is 0 Å². The summed E-state index contributed by atoms with van der Waals surface area (Å²) in [4.78, 5) is 22.4. The monoisotopic (exact) mass is 260 g/mol. The van der Waals surface area contributed by atoms with Gasteiger partial charge in [0.2, 0.25) is 0 Å². The Morgan fingerprint density at radius 1 is 1.22 bits per heavy atom. The van der Waals surface area contributed by atoms with Crippen LogP contribution in [0, 0.1) is 0 Å². The summed E-state index contributed by atoms with van der Waals surface area (Å²) >= 11 is 6.01. The number of H-pyrrole nitrogens is 1. The van der Waals surface area contributed by atoms with Crippen molar-refractivity contribution in [3.8, 4) is 0 Å². The lowest BCUT2D eigenvalue weighted by molar-refractivity contribution is 0.786. The first-order valence-electron chi connectivity index (χ1n) is 5.38. The molecule has 0 aliphatic rings. The standard InChI is InChI=1S/C12H9ClN4O/c13-10-9-11(15-7-14-10)16-12(18)17(9)6-8-4-2-1-3-5-8/h1-5,7H,6H2,(H,14,15,16,18). The zero-order valence-electron chi connectivity index (χ0n) is 9.30. The smallest absolute Gasteiger partial charge is 0.290 e. The molecule has 0 aliphatic heterocycles. The van der Waals surface area contributed by atoms with Crippen LogP contribution in [0.1, 0.15) is 5.56 Å². The number of aromatic nitrogens is 4. The molecule has 6 heteroatoms. The highest BCUT2D eigenvalue weighted by molar-refractivity contribution is 6.33. The van der Waals surface area contributed by atoms with Crippen LogP contribution in [0.15, 0.2) is 41.5 Å². The first kappa shape index (κ1) is 11.0. The summed E-state index contributed by atoms with van der Waals surface area (Å²) in [5, 5.41) is 0.272. The van der Waals surface area contributed by atoms with Crippen molar-refractivity contribution < 1.29 is 0 Å². The Kier molecular flexibility index (Phi) is 2.60. The molecule has 0 bridgehead atoms. The maximum Gasteiger partial charge on any atom is 0.328 e. The SMILES string of the molecule is O=c1[nH]c2ncnc(Cl)c2n1Cc1ccccc1. The van der Waals surface area contributed by atoms with Crippen LogP contribution in [0.4, 0.5) is 0 Å². The van der Waals surface area contributed by atoms with Crippen molar-refractivity contribution in [1.82, 2.24) is 19.5 Å². The van der Waals surface area contributed by atoms with Gasteiger partial charge in [0.1, 0.15) is 11.8 Å². The number of nitrogens with zero attached hydrogens (tertiary/aromatic N) is 3. The van der Waals surface area contributed by atoms with E-state index in [2.05, 4.69) is 15.0 Å². The third-order valence-electron chi connectivity index (χ3n) is 2.70. The summed E-state index contributed by atoms with van der Waals surface area (Å²) in [7, 11) is 0. The Balaban J connectivity index is 2.17. The molecular weight excluding hydrogens is 252 g/mol. The Labute approximate surface area is 107 Å². The van der Waals surface area contributed by atoms with Crippen molar-refractivity contribution in [3.63, 3.8) is 0 Å². The third-order valence-corrected chi connectivity index (χ3v) is 2.98. The van der Waals surface area contributed by atoms with Crippen LogP contribution < -0.4 is 5.69 Å². The number of benzene rings is 1. The molecule has 0 unspecified atom stereocenters. The zero-order valence-corrected chi connectivity index (χ0v) is 10.1. The largest absolute Gasteiger partial charge is 0.328 e. The van der Waals surface area contributed by atoms with Crippen molar-refractivity contribution >= 4 is 22.8 Å². The van der Waals surface area contributed by atoms with Crippen LogP contribution in [-0.4, -0.2) is 19.5 Å². The lowest BCUT2D eigenvalue weighted by atomic mass is 10.2. The highest BCUT2D eigenvalue weighted by Crippen LogP contribution is 2.17. The van der Waals surface area contributed by atoms with E-state index in [1.165, 1.54) is 10.9 Å². The summed E-state index contributed by atoms with van der Waals surface area (Å²) in [5.74, 6) is 0. The van der Waals surface area contributed by atoms with E-state index < -0.39 is 0 Å². The molecule has 0 spiro atoms. The van der Waals surface area contributed by atoms with Crippen LogP contribution in [-0.2, 0) is 6.54 Å². The molecule has 0 fully saturated rings. The quantitative estimate of drug-likeness (QED) is 0.715. The number of imidazole rings is 1. The number of rotatable bonds is 2. The fourth-order valence-corrected chi connectivity index (χ4v) is 2.11. The summed E-state index contributed by atoms with van der Waals surface area (Å²) in [5.41, 5.74) is 1.76. The average molecular weight is 261 g/mol. The second-order valence-corrected chi connectivity index (χ2v) is 4.22. The van der Waals surface area contributed by atoms with E-state index in [9.17, 15) is 4.79 Å². The molecule has 18 heavy (non-hydrogen) atoms. The molecule has 2 heterocycles. The number of fused-ring (bicyclic) bond motifs is 1.